The Morgan fingerprint density at radius 2 is 2.12 bits per heavy atom. The first kappa shape index (κ1) is 18.8. The van der Waals surface area contributed by atoms with Crippen LogP contribution in [-0.4, -0.2) is 42.5 Å². The molecule has 6 nitrogen and oxygen atoms in total. The van der Waals surface area contributed by atoms with Gasteiger partial charge < -0.3 is 10.1 Å². The Kier molecular flexibility index (Phi) is 5.29. The number of benzene rings is 1. The van der Waals surface area contributed by atoms with Crippen LogP contribution in [0, 0.1) is 5.82 Å². The van der Waals surface area contributed by atoms with Crippen molar-refractivity contribution in [2.24, 2.45) is 0 Å². The summed E-state index contributed by atoms with van der Waals surface area (Å²) in [5.74, 6) is -0.366. The van der Waals surface area contributed by atoms with Gasteiger partial charge in [0.25, 0.3) is 10.1 Å². The quantitative estimate of drug-likeness (QED) is 0.492. The van der Waals surface area contributed by atoms with Gasteiger partial charge in [-0.1, -0.05) is 23.7 Å². The van der Waals surface area contributed by atoms with Gasteiger partial charge in [-0.3, -0.25) is 4.18 Å². The molecule has 2 heterocycles. The summed E-state index contributed by atoms with van der Waals surface area (Å²) in [6.07, 6.45) is -0.0616. The lowest BCUT2D eigenvalue weighted by Gasteiger charge is -2.13. The molecule has 26 heavy (non-hydrogen) atoms. The second-order valence-corrected chi connectivity index (χ2v) is 7.90. The van der Waals surface area contributed by atoms with Crippen LogP contribution < -0.4 is 0 Å². The van der Waals surface area contributed by atoms with Gasteiger partial charge >= 0.3 is 0 Å². The minimum atomic E-state index is -3.65. The zero-order valence-corrected chi connectivity index (χ0v) is 15.3. The summed E-state index contributed by atoms with van der Waals surface area (Å²) in [6.45, 7) is -0.373. The molecule has 1 unspecified atom stereocenters. The summed E-state index contributed by atoms with van der Waals surface area (Å²) in [7, 11) is -3.65. The fourth-order valence-electron chi connectivity index (χ4n) is 2.62. The second kappa shape index (κ2) is 7.32. The minimum absolute atomic E-state index is 0.0901. The molecule has 1 atom stereocenters. The van der Waals surface area contributed by atoms with Crippen molar-refractivity contribution in [2.45, 2.75) is 12.5 Å². The summed E-state index contributed by atoms with van der Waals surface area (Å²) in [6, 6.07) is 9.55. The molecular weight excluding hydrogens is 383 g/mol. The van der Waals surface area contributed by atoms with Gasteiger partial charge in [0.15, 0.2) is 0 Å². The molecule has 2 aromatic heterocycles. The summed E-state index contributed by atoms with van der Waals surface area (Å²) in [5, 5.41) is 10.7. The van der Waals surface area contributed by atoms with Gasteiger partial charge in [-0.25, -0.2) is 9.37 Å². The molecule has 0 bridgehead atoms. The summed E-state index contributed by atoms with van der Waals surface area (Å²) < 4.78 is 40.6. The minimum Gasteiger partial charge on any atom is -0.390 e. The Balaban J connectivity index is 1.94. The van der Waals surface area contributed by atoms with E-state index in [-0.39, 0.29) is 24.0 Å². The predicted molar refractivity (Wildman–Crippen MR) is 97.0 cm³/mol. The standard InChI is InChI=1S/C17H16ClFN2O4S/c1-26(23,24)25-9-11(22)7-10-5-6-16(18)21-17(10)15-8-12-13(19)3-2-4-14(12)20-15/h2-6,8,11,20,22H,7,9H2,1H3. The van der Waals surface area contributed by atoms with Gasteiger partial charge in [0.05, 0.1) is 30.4 Å². The summed E-state index contributed by atoms with van der Waals surface area (Å²) >= 11 is 5.99. The predicted octanol–water partition coefficient (Wildman–Crippen LogP) is 2.90. The Morgan fingerprint density at radius 3 is 2.81 bits per heavy atom. The number of aliphatic hydroxyl groups is 1. The van der Waals surface area contributed by atoms with E-state index in [4.69, 9.17) is 11.6 Å². The number of aromatic nitrogens is 2. The fourth-order valence-corrected chi connectivity index (χ4v) is 3.17. The second-order valence-electron chi connectivity index (χ2n) is 5.87. The Hall–Kier alpha value is -2.00. The molecule has 0 fully saturated rings. The average Bonchev–Trinajstić information content (AvgIpc) is 2.99. The van der Waals surface area contributed by atoms with E-state index in [0.29, 0.717) is 27.9 Å². The average molecular weight is 399 g/mol. The molecule has 3 rings (SSSR count). The van der Waals surface area contributed by atoms with E-state index in [9.17, 15) is 17.9 Å². The number of hydrogen-bond donors (Lipinski definition) is 2. The number of nitrogens with zero attached hydrogens (tertiary/aromatic N) is 1. The van der Waals surface area contributed by atoms with Gasteiger partial charge in [0, 0.05) is 17.3 Å². The van der Waals surface area contributed by atoms with Crippen molar-refractivity contribution in [1.29, 1.82) is 0 Å². The zero-order valence-electron chi connectivity index (χ0n) is 13.7. The van der Waals surface area contributed by atoms with Gasteiger partial charge in [0.2, 0.25) is 0 Å². The smallest absolute Gasteiger partial charge is 0.264 e. The molecule has 0 spiro atoms. The van der Waals surface area contributed by atoms with Crippen molar-refractivity contribution in [3.05, 3.63) is 52.9 Å². The van der Waals surface area contributed by atoms with Crippen LogP contribution in [0.3, 0.4) is 0 Å². The first-order valence-corrected chi connectivity index (χ1v) is 9.88. The number of halogens is 2. The molecule has 1 aromatic carbocycles. The number of nitrogens with one attached hydrogen (secondary N) is 1. The van der Waals surface area contributed by atoms with Crippen molar-refractivity contribution in [3.8, 4) is 11.4 Å². The van der Waals surface area contributed by atoms with Crippen molar-refractivity contribution in [1.82, 2.24) is 9.97 Å². The maximum absolute atomic E-state index is 13.9. The normalized spacial score (nSPS) is 13.2. The first-order valence-electron chi connectivity index (χ1n) is 7.68. The molecule has 0 saturated heterocycles. The van der Waals surface area contributed by atoms with Crippen LogP contribution in [0.1, 0.15) is 5.56 Å². The highest BCUT2D eigenvalue weighted by Crippen LogP contribution is 2.28. The van der Waals surface area contributed by atoms with E-state index in [1.54, 1.807) is 30.3 Å². The van der Waals surface area contributed by atoms with E-state index >= 15 is 0 Å². The first-order chi connectivity index (χ1) is 12.2. The fraction of sp³-hybridized carbons (Fsp3) is 0.235. The van der Waals surface area contributed by atoms with Gasteiger partial charge in [-0.15, -0.1) is 0 Å². The Labute approximate surface area is 154 Å². The molecule has 0 radical (unpaired) electrons. The number of aliphatic hydroxyl groups excluding tert-OH is 1. The topological polar surface area (TPSA) is 92.3 Å². The largest absolute Gasteiger partial charge is 0.390 e. The molecular formula is C17H16ClFN2O4S. The van der Waals surface area contributed by atoms with Crippen LogP contribution in [0.5, 0.6) is 0 Å². The third-order valence-electron chi connectivity index (χ3n) is 3.74. The SMILES string of the molecule is CS(=O)(=O)OCC(O)Cc1ccc(Cl)nc1-c1cc2c(F)cccc2[nH]1. The summed E-state index contributed by atoms with van der Waals surface area (Å²) in [4.78, 5) is 7.35. The molecule has 3 aromatic rings. The number of fused-ring (bicyclic) bond motifs is 1. The van der Waals surface area contributed by atoms with Crippen LogP contribution in [-0.2, 0) is 20.7 Å². The highest BCUT2D eigenvalue weighted by Gasteiger charge is 2.17. The van der Waals surface area contributed by atoms with Crippen LogP contribution in [0.25, 0.3) is 22.3 Å². The maximum Gasteiger partial charge on any atom is 0.264 e. The number of rotatable bonds is 6. The van der Waals surface area contributed by atoms with Crippen molar-refractivity contribution < 1.29 is 22.1 Å². The monoisotopic (exact) mass is 398 g/mol. The van der Waals surface area contributed by atoms with Gasteiger partial charge in [-0.2, -0.15) is 8.42 Å². The zero-order chi connectivity index (χ0) is 18.9. The number of hydrogen-bond acceptors (Lipinski definition) is 5. The van der Waals surface area contributed by atoms with Gasteiger partial charge in [0.1, 0.15) is 11.0 Å². The highest BCUT2D eigenvalue weighted by atomic mass is 35.5. The number of pyridine rings is 1. The van der Waals surface area contributed by atoms with E-state index < -0.39 is 16.2 Å². The molecule has 0 amide bonds. The Bertz CT molecular complexity index is 1050. The number of H-pyrrole nitrogens is 1. The van der Waals surface area contributed by atoms with E-state index in [1.165, 1.54) is 6.07 Å². The molecule has 0 aliphatic heterocycles. The van der Waals surface area contributed by atoms with Gasteiger partial charge in [-0.05, 0) is 29.8 Å². The molecule has 9 heteroatoms. The van der Waals surface area contributed by atoms with Crippen LogP contribution in [0.4, 0.5) is 4.39 Å². The van der Waals surface area contributed by atoms with Crippen molar-refractivity contribution >= 4 is 32.6 Å². The van der Waals surface area contributed by atoms with Crippen LogP contribution in [0.2, 0.25) is 5.15 Å². The van der Waals surface area contributed by atoms with E-state index in [2.05, 4.69) is 14.2 Å². The van der Waals surface area contributed by atoms with Crippen molar-refractivity contribution in [3.63, 3.8) is 0 Å². The van der Waals surface area contributed by atoms with Crippen molar-refractivity contribution in [2.75, 3.05) is 12.9 Å². The van der Waals surface area contributed by atoms with E-state index in [1.807, 2.05) is 0 Å². The van der Waals surface area contributed by atoms with Crippen LogP contribution in [0.15, 0.2) is 36.4 Å². The lowest BCUT2D eigenvalue weighted by atomic mass is 10.0. The molecule has 0 aliphatic rings. The maximum atomic E-state index is 13.9. The molecule has 2 N–H and O–H groups in total. The lowest BCUT2D eigenvalue weighted by molar-refractivity contribution is 0.111. The molecule has 0 aliphatic carbocycles. The lowest BCUT2D eigenvalue weighted by Crippen LogP contribution is -2.21. The summed E-state index contributed by atoms with van der Waals surface area (Å²) in [5.41, 5.74) is 2.21. The third kappa shape index (κ3) is 4.39. The number of aromatic amines is 1. The molecule has 138 valence electrons. The van der Waals surface area contributed by atoms with E-state index in [0.717, 1.165) is 6.26 Å². The van der Waals surface area contributed by atoms with Crippen LogP contribution >= 0.6 is 11.6 Å². The molecule has 0 saturated carbocycles. The highest BCUT2D eigenvalue weighted by molar-refractivity contribution is 7.85. The Morgan fingerprint density at radius 1 is 1.35 bits per heavy atom. The third-order valence-corrected chi connectivity index (χ3v) is 4.52.